The van der Waals surface area contributed by atoms with Crippen molar-refractivity contribution in [2.45, 2.75) is 39.2 Å². The van der Waals surface area contributed by atoms with Crippen molar-refractivity contribution >= 4 is 9.84 Å². The Hall–Kier alpha value is -1.14. The summed E-state index contributed by atoms with van der Waals surface area (Å²) in [4.78, 5) is 0. The lowest BCUT2D eigenvalue weighted by atomic mass is 10.0. The van der Waals surface area contributed by atoms with Crippen molar-refractivity contribution < 1.29 is 17.5 Å². The minimum atomic E-state index is -3.11. The van der Waals surface area contributed by atoms with Crippen LogP contribution in [0.1, 0.15) is 32.3 Å². The molecule has 1 unspecified atom stereocenters. The van der Waals surface area contributed by atoms with Crippen LogP contribution in [-0.4, -0.2) is 32.6 Å². The molecule has 0 aromatic heterocycles. The summed E-state index contributed by atoms with van der Waals surface area (Å²) >= 11 is 0. The molecule has 1 atom stereocenters. The van der Waals surface area contributed by atoms with E-state index in [2.05, 4.69) is 0 Å². The third-order valence-electron chi connectivity index (χ3n) is 3.19. The number of rotatable bonds is 9. The number of hydrogen-bond donors (Lipinski definition) is 1. The Morgan fingerprint density at radius 1 is 1.29 bits per heavy atom. The van der Waals surface area contributed by atoms with Crippen molar-refractivity contribution in [3.8, 4) is 5.75 Å². The van der Waals surface area contributed by atoms with E-state index >= 15 is 0 Å². The zero-order valence-corrected chi connectivity index (χ0v) is 13.5. The highest BCUT2D eigenvalue weighted by atomic mass is 32.2. The smallest absolute Gasteiger partial charge is 0.165 e. The van der Waals surface area contributed by atoms with Crippen LogP contribution in [-0.2, 0) is 16.3 Å². The van der Waals surface area contributed by atoms with Gasteiger partial charge in [-0.1, -0.05) is 19.9 Å². The Kier molecular flexibility index (Phi) is 7.11. The predicted octanol–water partition coefficient (Wildman–Crippen LogP) is 2.31. The minimum absolute atomic E-state index is 0.00959. The summed E-state index contributed by atoms with van der Waals surface area (Å²) in [6.45, 7) is 3.75. The van der Waals surface area contributed by atoms with Crippen molar-refractivity contribution in [1.82, 2.24) is 0 Å². The van der Waals surface area contributed by atoms with Crippen molar-refractivity contribution in [2.24, 2.45) is 5.73 Å². The highest BCUT2D eigenvalue weighted by molar-refractivity contribution is 7.91. The van der Waals surface area contributed by atoms with Gasteiger partial charge >= 0.3 is 0 Å². The fourth-order valence-corrected chi connectivity index (χ4v) is 3.09. The first kappa shape index (κ1) is 17.9. The van der Waals surface area contributed by atoms with Crippen LogP contribution in [0, 0.1) is 5.82 Å². The molecule has 0 aliphatic rings. The van der Waals surface area contributed by atoms with Gasteiger partial charge < -0.3 is 10.5 Å². The second-order valence-electron chi connectivity index (χ2n) is 5.14. The highest BCUT2D eigenvalue weighted by Crippen LogP contribution is 2.19. The maximum atomic E-state index is 13.9. The number of ether oxygens (including phenoxy) is 1. The van der Waals surface area contributed by atoms with Gasteiger partial charge in [0.15, 0.2) is 21.4 Å². The number of nitrogens with two attached hydrogens (primary N) is 1. The lowest BCUT2D eigenvalue weighted by Gasteiger charge is -2.11. The van der Waals surface area contributed by atoms with Gasteiger partial charge in [0.2, 0.25) is 0 Å². The molecule has 21 heavy (non-hydrogen) atoms. The fraction of sp³-hybridized carbons (Fsp3) is 0.600. The Morgan fingerprint density at radius 3 is 2.57 bits per heavy atom. The van der Waals surface area contributed by atoms with E-state index in [0.29, 0.717) is 12.8 Å². The molecule has 120 valence electrons. The van der Waals surface area contributed by atoms with Gasteiger partial charge in [0.05, 0.1) is 11.5 Å². The molecule has 0 saturated carbocycles. The molecule has 0 saturated heterocycles. The largest absolute Gasteiger partial charge is 0.489 e. The zero-order chi connectivity index (χ0) is 15.9. The third-order valence-corrected chi connectivity index (χ3v) is 5.00. The normalized spacial score (nSPS) is 13.1. The molecule has 2 N–H and O–H groups in total. The van der Waals surface area contributed by atoms with Crippen LogP contribution in [0.15, 0.2) is 18.2 Å². The van der Waals surface area contributed by atoms with Crippen LogP contribution in [0.2, 0.25) is 0 Å². The average Bonchev–Trinajstić information content (AvgIpc) is 2.41. The Bertz CT molecular complexity index is 546. The Balaban J connectivity index is 2.57. The topological polar surface area (TPSA) is 69.4 Å². The standard InChI is InChI=1S/C15H24FNO3S/c1-3-8-21(18,19)9-7-20-15-6-5-12(11-14(15)16)10-13(17)4-2/h5-6,11,13H,3-4,7-10,17H2,1-2H3. The summed E-state index contributed by atoms with van der Waals surface area (Å²) in [6.07, 6.45) is 2.01. The monoisotopic (exact) mass is 317 g/mol. The van der Waals surface area contributed by atoms with Gasteiger partial charge in [-0.25, -0.2) is 12.8 Å². The van der Waals surface area contributed by atoms with Crippen molar-refractivity contribution in [3.63, 3.8) is 0 Å². The molecular formula is C15H24FNO3S. The third kappa shape index (κ3) is 6.44. The van der Waals surface area contributed by atoms with E-state index in [0.717, 1.165) is 12.0 Å². The van der Waals surface area contributed by atoms with Gasteiger partial charge in [-0.05, 0) is 37.0 Å². The summed E-state index contributed by atoms with van der Waals surface area (Å²) in [6, 6.07) is 4.69. The van der Waals surface area contributed by atoms with Crippen LogP contribution in [0.25, 0.3) is 0 Å². The van der Waals surface area contributed by atoms with Crippen molar-refractivity contribution in [1.29, 1.82) is 0 Å². The first-order valence-corrected chi connectivity index (χ1v) is 9.07. The van der Waals surface area contributed by atoms with E-state index in [1.54, 1.807) is 13.0 Å². The Labute approximate surface area is 126 Å². The fourth-order valence-electron chi connectivity index (χ4n) is 1.93. The molecule has 0 aliphatic carbocycles. The number of sulfone groups is 1. The van der Waals surface area contributed by atoms with E-state index in [4.69, 9.17) is 10.5 Å². The maximum absolute atomic E-state index is 13.9. The second-order valence-corrected chi connectivity index (χ2v) is 7.44. The highest BCUT2D eigenvalue weighted by Gasteiger charge is 2.11. The first-order valence-electron chi connectivity index (χ1n) is 7.25. The summed E-state index contributed by atoms with van der Waals surface area (Å²) in [5.74, 6) is -0.366. The van der Waals surface area contributed by atoms with Gasteiger partial charge in [-0.2, -0.15) is 0 Å². The van der Waals surface area contributed by atoms with Crippen LogP contribution in [0.4, 0.5) is 4.39 Å². The van der Waals surface area contributed by atoms with Gasteiger partial charge in [0.1, 0.15) is 6.61 Å². The molecule has 0 bridgehead atoms. The molecule has 0 spiro atoms. The molecular weight excluding hydrogens is 293 g/mol. The zero-order valence-electron chi connectivity index (χ0n) is 12.6. The quantitative estimate of drug-likeness (QED) is 0.759. The van der Waals surface area contributed by atoms with E-state index in [1.807, 2.05) is 6.92 Å². The van der Waals surface area contributed by atoms with Gasteiger partial charge in [0, 0.05) is 6.04 Å². The Morgan fingerprint density at radius 2 is 2.00 bits per heavy atom. The van der Waals surface area contributed by atoms with Crippen LogP contribution >= 0.6 is 0 Å². The van der Waals surface area contributed by atoms with E-state index in [-0.39, 0.29) is 29.9 Å². The van der Waals surface area contributed by atoms with E-state index in [1.165, 1.54) is 12.1 Å². The molecule has 0 aliphatic heterocycles. The van der Waals surface area contributed by atoms with Crippen LogP contribution in [0.5, 0.6) is 5.75 Å². The van der Waals surface area contributed by atoms with Crippen molar-refractivity contribution in [3.05, 3.63) is 29.6 Å². The molecule has 0 amide bonds. The number of benzene rings is 1. The van der Waals surface area contributed by atoms with Crippen molar-refractivity contribution in [2.75, 3.05) is 18.1 Å². The van der Waals surface area contributed by atoms with E-state index in [9.17, 15) is 12.8 Å². The van der Waals surface area contributed by atoms with E-state index < -0.39 is 15.7 Å². The molecule has 1 rings (SSSR count). The summed E-state index contributed by atoms with van der Waals surface area (Å²) in [7, 11) is -3.11. The van der Waals surface area contributed by atoms with Crippen LogP contribution in [0.3, 0.4) is 0 Å². The minimum Gasteiger partial charge on any atom is -0.489 e. The number of halogens is 1. The molecule has 0 radical (unpaired) electrons. The van der Waals surface area contributed by atoms with Crippen LogP contribution < -0.4 is 10.5 Å². The predicted molar refractivity (Wildman–Crippen MR) is 82.8 cm³/mol. The first-order chi connectivity index (χ1) is 9.88. The molecule has 0 heterocycles. The van der Waals surface area contributed by atoms with Gasteiger partial charge in [-0.15, -0.1) is 0 Å². The molecule has 1 aromatic rings. The lowest BCUT2D eigenvalue weighted by Crippen LogP contribution is -2.21. The lowest BCUT2D eigenvalue weighted by molar-refractivity contribution is 0.322. The van der Waals surface area contributed by atoms with Gasteiger partial charge in [0.25, 0.3) is 0 Å². The SMILES string of the molecule is CCCS(=O)(=O)CCOc1ccc(CC(N)CC)cc1F. The molecule has 0 fully saturated rings. The summed E-state index contributed by atoms with van der Waals surface area (Å²) in [5.41, 5.74) is 6.64. The molecule has 4 nitrogen and oxygen atoms in total. The second kappa shape index (κ2) is 8.34. The van der Waals surface area contributed by atoms with Gasteiger partial charge in [-0.3, -0.25) is 0 Å². The summed E-state index contributed by atoms with van der Waals surface area (Å²) in [5, 5.41) is 0. The average molecular weight is 317 g/mol. The maximum Gasteiger partial charge on any atom is 0.165 e. The molecule has 1 aromatic carbocycles. The molecule has 6 heteroatoms. The number of hydrogen-bond acceptors (Lipinski definition) is 4. The summed E-state index contributed by atoms with van der Waals surface area (Å²) < 4.78 is 42.1.